The van der Waals surface area contributed by atoms with Gasteiger partial charge in [0, 0.05) is 25.8 Å². The van der Waals surface area contributed by atoms with E-state index in [2.05, 4.69) is 22.6 Å². The van der Waals surface area contributed by atoms with Crippen LogP contribution in [0.5, 0.6) is 0 Å². The van der Waals surface area contributed by atoms with Gasteiger partial charge in [-0.05, 0) is 50.7 Å². The minimum absolute atomic E-state index is 0.671. The number of hydrogen-bond acceptors (Lipinski definition) is 3. The number of hydrogen-bond donors (Lipinski definition) is 2. The first kappa shape index (κ1) is 14.4. The van der Waals surface area contributed by atoms with Gasteiger partial charge in [0.05, 0.1) is 26.3 Å². The van der Waals surface area contributed by atoms with Gasteiger partial charge in [-0.25, -0.2) is 0 Å². The highest BCUT2D eigenvalue weighted by molar-refractivity contribution is 4.90. The van der Waals surface area contributed by atoms with E-state index in [0.717, 1.165) is 18.0 Å². The van der Waals surface area contributed by atoms with Crippen LogP contribution in [0.15, 0.2) is 0 Å². The van der Waals surface area contributed by atoms with Crippen molar-refractivity contribution in [3.05, 3.63) is 0 Å². The molecule has 2 N–H and O–H groups in total. The van der Waals surface area contributed by atoms with E-state index in [1.807, 2.05) is 0 Å². The van der Waals surface area contributed by atoms with Gasteiger partial charge in [0.2, 0.25) is 0 Å². The highest BCUT2D eigenvalue weighted by Gasteiger charge is 2.43. The average molecular weight is 293 g/mol. The van der Waals surface area contributed by atoms with Crippen LogP contribution in [0.3, 0.4) is 0 Å². The van der Waals surface area contributed by atoms with Crippen molar-refractivity contribution in [2.24, 2.45) is 11.8 Å². The fourth-order valence-electron chi connectivity index (χ4n) is 5.42. The van der Waals surface area contributed by atoms with Gasteiger partial charge < -0.3 is 9.80 Å². The summed E-state index contributed by atoms with van der Waals surface area (Å²) in [6, 6.07) is 0. The van der Waals surface area contributed by atoms with Crippen LogP contribution in [0.4, 0.5) is 0 Å². The van der Waals surface area contributed by atoms with Crippen LogP contribution in [-0.4, -0.2) is 68.0 Å². The fourth-order valence-corrected chi connectivity index (χ4v) is 5.42. The van der Waals surface area contributed by atoms with Crippen LogP contribution < -0.4 is 10.6 Å². The Hall–Kier alpha value is -0.160. The number of likely N-dealkylation sites (tertiary alicyclic amines) is 2. The van der Waals surface area contributed by atoms with E-state index in [1.54, 1.807) is 0 Å². The summed E-state index contributed by atoms with van der Waals surface area (Å²) >= 11 is 0. The predicted molar refractivity (Wildman–Crippen MR) is 85.8 cm³/mol. The minimum atomic E-state index is 0.671. The van der Waals surface area contributed by atoms with Crippen LogP contribution in [0.1, 0.15) is 38.5 Å². The van der Waals surface area contributed by atoms with E-state index in [9.17, 15) is 0 Å². The Morgan fingerprint density at radius 3 is 2.62 bits per heavy atom. The normalized spacial score (nSPS) is 43.9. The van der Waals surface area contributed by atoms with Crippen molar-refractivity contribution in [2.45, 2.75) is 50.9 Å². The summed E-state index contributed by atoms with van der Waals surface area (Å²) in [5, 5.41) is 7.56. The molecule has 4 nitrogen and oxygen atoms in total. The summed E-state index contributed by atoms with van der Waals surface area (Å²) in [4.78, 5) is 2.77. The van der Waals surface area contributed by atoms with E-state index in [1.165, 1.54) is 82.3 Å². The van der Waals surface area contributed by atoms with E-state index in [-0.39, 0.29) is 0 Å². The molecule has 4 heteroatoms. The highest BCUT2D eigenvalue weighted by Crippen LogP contribution is 2.33. The van der Waals surface area contributed by atoms with Crippen LogP contribution in [0.25, 0.3) is 0 Å². The number of nitrogens with one attached hydrogen (secondary N) is 2. The molecule has 0 bridgehead atoms. The van der Waals surface area contributed by atoms with Gasteiger partial charge in [-0.3, -0.25) is 10.2 Å². The Labute approximate surface area is 129 Å². The first-order valence-electron chi connectivity index (χ1n) is 9.30. The van der Waals surface area contributed by atoms with Gasteiger partial charge in [0.15, 0.2) is 0 Å². The van der Waals surface area contributed by atoms with Crippen molar-refractivity contribution in [3.8, 4) is 0 Å². The first-order chi connectivity index (χ1) is 10.2. The van der Waals surface area contributed by atoms with Gasteiger partial charge in [-0.2, -0.15) is 0 Å². The second kappa shape index (κ2) is 5.80. The first-order valence-corrected chi connectivity index (χ1v) is 9.30. The maximum Gasteiger partial charge on any atom is 0.144 e. The molecule has 21 heavy (non-hydrogen) atoms. The number of rotatable bonds is 3. The molecule has 4 aliphatic heterocycles. The van der Waals surface area contributed by atoms with Crippen molar-refractivity contribution in [3.63, 3.8) is 0 Å². The van der Waals surface area contributed by atoms with E-state index >= 15 is 0 Å². The van der Waals surface area contributed by atoms with E-state index < -0.39 is 0 Å². The Balaban J connectivity index is 1.32. The van der Waals surface area contributed by atoms with Crippen molar-refractivity contribution >= 4 is 0 Å². The SMILES string of the molecule is C[N+]1(C2CCC(N3CCC(C4CCNC4)C3)N2)CCCC1. The second-order valence-corrected chi connectivity index (χ2v) is 8.21. The summed E-state index contributed by atoms with van der Waals surface area (Å²) in [7, 11) is 2.48. The maximum atomic E-state index is 4.01. The lowest BCUT2D eigenvalue weighted by atomic mass is 9.91. The van der Waals surface area contributed by atoms with Crippen molar-refractivity contribution in [1.29, 1.82) is 0 Å². The third kappa shape index (κ3) is 2.76. The largest absolute Gasteiger partial charge is 0.316 e. The van der Waals surface area contributed by atoms with Crippen LogP contribution in [-0.2, 0) is 0 Å². The molecule has 0 radical (unpaired) electrons. The van der Waals surface area contributed by atoms with E-state index in [4.69, 9.17) is 0 Å². The highest BCUT2D eigenvalue weighted by atomic mass is 15.5. The lowest BCUT2D eigenvalue weighted by Crippen LogP contribution is -2.57. The van der Waals surface area contributed by atoms with Gasteiger partial charge in [0.25, 0.3) is 0 Å². The van der Waals surface area contributed by atoms with Gasteiger partial charge in [0.1, 0.15) is 6.17 Å². The molecule has 0 aliphatic carbocycles. The summed E-state index contributed by atoms with van der Waals surface area (Å²) in [6.45, 7) is 7.98. The molecule has 4 fully saturated rings. The lowest BCUT2D eigenvalue weighted by molar-refractivity contribution is -0.924. The van der Waals surface area contributed by atoms with Crippen molar-refractivity contribution in [2.75, 3.05) is 46.3 Å². The topological polar surface area (TPSA) is 27.3 Å². The molecule has 4 heterocycles. The smallest absolute Gasteiger partial charge is 0.144 e. The van der Waals surface area contributed by atoms with E-state index in [0.29, 0.717) is 6.17 Å². The van der Waals surface area contributed by atoms with Gasteiger partial charge in [-0.1, -0.05) is 0 Å². The summed E-state index contributed by atoms with van der Waals surface area (Å²) in [5.41, 5.74) is 0. The zero-order chi connectivity index (χ0) is 14.3. The average Bonchev–Trinajstić information content (AvgIpc) is 3.25. The summed E-state index contributed by atoms with van der Waals surface area (Å²) in [5.74, 6) is 1.91. The zero-order valence-corrected chi connectivity index (χ0v) is 13.7. The monoisotopic (exact) mass is 293 g/mol. The van der Waals surface area contributed by atoms with Crippen LogP contribution in [0, 0.1) is 11.8 Å². The molecule has 120 valence electrons. The Morgan fingerprint density at radius 1 is 1.00 bits per heavy atom. The molecular weight excluding hydrogens is 260 g/mol. The Kier molecular flexibility index (Phi) is 3.99. The molecule has 4 rings (SSSR count). The molecule has 4 aliphatic rings. The number of quaternary nitrogens is 1. The second-order valence-electron chi connectivity index (χ2n) is 8.21. The third-order valence-electron chi connectivity index (χ3n) is 6.90. The van der Waals surface area contributed by atoms with Gasteiger partial charge >= 0.3 is 0 Å². The molecule has 4 unspecified atom stereocenters. The quantitative estimate of drug-likeness (QED) is 0.766. The molecular formula is C17H33N4+. The maximum absolute atomic E-state index is 4.01. The third-order valence-corrected chi connectivity index (χ3v) is 6.90. The number of nitrogens with zero attached hydrogens (tertiary/aromatic N) is 2. The zero-order valence-electron chi connectivity index (χ0n) is 13.7. The molecule has 4 saturated heterocycles. The standard InChI is InChI=1S/C17H33N4/c1-21(10-2-3-11-21)17-5-4-16(19-17)20-9-7-15(13-20)14-6-8-18-12-14/h14-19H,2-13H2,1H3/q+1. The molecule has 0 spiro atoms. The van der Waals surface area contributed by atoms with Crippen LogP contribution in [0.2, 0.25) is 0 Å². The Bertz CT molecular complexity index is 360. The Morgan fingerprint density at radius 2 is 1.86 bits per heavy atom. The molecule has 0 saturated carbocycles. The molecule has 0 amide bonds. The molecule has 0 aromatic rings. The molecule has 0 aromatic heterocycles. The summed E-state index contributed by atoms with van der Waals surface area (Å²) < 4.78 is 1.29. The lowest BCUT2D eigenvalue weighted by Gasteiger charge is -2.37. The summed E-state index contributed by atoms with van der Waals surface area (Å²) in [6.07, 6.45) is 9.85. The predicted octanol–water partition coefficient (Wildman–Crippen LogP) is 1.19. The minimum Gasteiger partial charge on any atom is -0.316 e. The molecule has 0 aromatic carbocycles. The molecule has 4 atom stereocenters. The van der Waals surface area contributed by atoms with Crippen LogP contribution >= 0.6 is 0 Å². The van der Waals surface area contributed by atoms with Crippen molar-refractivity contribution in [1.82, 2.24) is 15.5 Å². The van der Waals surface area contributed by atoms with Gasteiger partial charge in [-0.15, -0.1) is 0 Å². The van der Waals surface area contributed by atoms with Crippen molar-refractivity contribution < 1.29 is 4.48 Å². The fraction of sp³-hybridized carbons (Fsp3) is 1.00.